The second-order valence-corrected chi connectivity index (χ2v) is 6.19. The number of nitriles is 1. The highest BCUT2D eigenvalue weighted by atomic mass is 32.1. The van der Waals surface area contributed by atoms with E-state index >= 15 is 0 Å². The first-order valence-corrected chi connectivity index (χ1v) is 7.98. The number of carbonyl (C=O) groups excluding carboxylic acids is 2. The highest BCUT2D eigenvalue weighted by Crippen LogP contribution is 2.28. The van der Waals surface area contributed by atoms with Crippen LogP contribution in [0.5, 0.6) is 0 Å². The van der Waals surface area contributed by atoms with Crippen molar-refractivity contribution in [3.8, 4) is 6.07 Å². The lowest BCUT2D eigenvalue weighted by Gasteiger charge is -2.16. The minimum atomic E-state index is -0.879. The number of carbonyl (C=O) groups is 2. The van der Waals surface area contributed by atoms with E-state index in [1.54, 1.807) is 37.3 Å². The van der Waals surface area contributed by atoms with E-state index in [4.69, 9.17) is 5.73 Å². The van der Waals surface area contributed by atoms with Gasteiger partial charge in [-0.3, -0.25) is 4.79 Å². The Morgan fingerprint density at radius 2 is 2.00 bits per heavy atom. The maximum absolute atomic E-state index is 12.3. The normalized spacial score (nSPS) is 12.8. The molecular formula is C17H17N3O3S. The number of methoxy groups -OCH3 is 1. The van der Waals surface area contributed by atoms with Crippen LogP contribution in [0, 0.1) is 18.3 Å². The Kier molecular flexibility index (Phi) is 5.68. The molecule has 2 rings (SSSR count). The fraction of sp³-hybridized carbons (Fsp3) is 0.235. The Labute approximate surface area is 143 Å². The molecule has 1 aromatic heterocycles. The molecule has 0 saturated heterocycles. The van der Waals surface area contributed by atoms with Crippen LogP contribution in [0.15, 0.2) is 36.4 Å². The summed E-state index contributed by atoms with van der Waals surface area (Å²) in [4.78, 5) is 24.9. The van der Waals surface area contributed by atoms with Crippen LogP contribution in [0.25, 0.3) is 0 Å². The Bertz CT molecular complexity index is 780. The van der Waals surface area contributed by atoms with Crippen LogP contribution in [0.4, 0.5) is 0 Å². The van der Waals surface area contributed by atoms with Crippen molar-refractivity contribution in [2.45, 2.75) is 19.0 Å². The van der Waals surface area contributed by atoms with E-state index in [0.29, 0.717) is 15.3 Å². The molecule has 3 N–H and O–H groups in total. The molecule has 1 amide bonds. The zero-order valence-electron chi connectivity index (χ0n) is 13.3. The third-order valence-corrected chi connectivity index (χ3v) is 4.74. The minimum Gasteiger partial charge on any atom is -0.465 e. The molecule has 0 spiro atoms. The number of nitrogens with two attached hydrogens (primary N) is 1. The average Bonchev–Trinajstić information content (AvgIpc) is 3.00. The van der Waals surface area contributed by atoms with Crippen molar-refractivity contribution < 1.29 is 14.3 Å². The fourth-order valence-corrected chi connectivity index (χ4v) is 3.27. The van der Waals surface area contributed by atoms with Gasteiger partial charge in [-0.2, -0.15) is 5.26 Å². The van der Waals surface area contributed by atoms with Crippen LogP contribution in [0.1, 0.15) is 37.8 Å². The van der Waals surface area contributed by atoms with Crippen LogP contribution in [0.2, 0.25) is 0 Å². The van der Waals surface area contributed by atoms with Gasteiger partial charge in [0.2, 0.25) is 5.91 Å². The molecule has 0 aliphatic heterocycles. The number of thiophene rings is 1. The lowest BCUT2D eigenvalue weighted by Crippen LogP contribution is -2.36. The maximum Gasteiger partial charge on any atom is 0.348 e. The predicted molar refractivity (Wildman–Crippen MR) is 90.3 cm³/mol. The number of hydrogen-bond donors (Lipinski definition) is 2. The summed E-state index contributed by atoms with van der Waals surface area (Å²) in [6, 6.07) is 10.8. The smallest absolute Gasteiger partial charge is 0.348 e. The van der Waals surface area contributed by atoms with E-state index in [-0.39, 0.29) is 0 Å². The van der Waals surface area contributed by atoms with Gasteiger partial charge in [-0.05, 0) is 24.1 Å². The first kappa shape index (κ1) is 17.7. The molecule has 0 radical (unpaired) electrons. The van der Waals surface area contributed by atoms with Crippen LogP contribution in [-0.4, -0.2) is 19.0 Å². The Hall–Kier alpha value is -2.69. The monoisotopic (exact) mass is 343 g/mol. The number of esters is 1. The van der Waals surface area contributed by atoms with Gasteiger partial charge in [0, 0.05) is 4.88 Å². The summed E-state index contributed by atoms with van der Waals surface area (Å²) in [7, 11) is 1.29. The molecule has 1 heterocycles. The van der Waals surface area contributed by atoms with Crippen LogP contribution in [0.3, 0.4) is 0 Å². The second-order valence-electron chi connectivity index (χ2n) is 5.11. The number of aryl methyl sites for hydroxylation is 1. The predicted octanol–water partition coefficient (Wildman–Crippen LogP) is 2.22. The standard InChI is InChI=1S/C17H17N3O3S/c1-10-8-13(17(22)23-2)24-15(10)12(9-18)20-16(21)14(19)11-6-4-3-5-7-11/h3-8,12,14H,19H2,1-2H3,(H,20,21)/t12-,14+/m0/s1. The highest BCUT2D eigenvalue weighted by Gasteiger charge is 2.24. The van der Waals surface area contributed by atoms with Gasteiger partial charge in [0.05, 0.1) is 13.2 Å². The number of rotatable bonds is 5. The van der Waals surface area contributed by atoms with E-state index in [1.165, 1.54) is 7.11 Å². The number of ether oxygens (including phenoxy) is 1. The molecule has 0 aliphatic rings. The number of amides is 1. The molecule has 0 fully saturated rings. The third kappa shape index (κ3) is 3.79. The van der Waals surface area contributed by atoms with Gasteiger partial charge in [0.25, 0.3) is 0 Å². The van der Waals surface area contributed by atoms with E-state index in [9.17, 15) is 14.9 Å². The summed E-state index contributed by atoms with van der Waals surface area (Å²) in [5.74, 6) is -0.932. The molecule has 124 valence electrons. The quantitative estimate of drug-likeness (QED) is 0.810. The summed E-state index contributed by atoms with van der Waals surface area (Å²) < 4.78 is 4.68. The van der Waals surface area contributed by atoms with Gasteiger partial charge >= 0.3 is 5.97 Å². The van der Waals surface area contributed by atoms with Gasteiger partial charge in [-0.1, -0.05) is 30.3 Å². The van der Waals surface area contributed by atoms with Crippen molar-refractivity contribution in [1.82, 2.24) is 5.32 Å². The first-order valence-electron chi connectivity index (χ1n) is 7.17. The number of nitrogens with one attached hydrogen (secondary N) is 1. The van der Waals surface area contributed by atoms with Gasteiger partial charge in [-0.25, -0.2) is 4.79 Å². The molecule has 0 aliphatic carbocycles. The maximum atomic E-state index is 12.3. The highest BCUT2D eigenvalue weighted by molar-refractivity contribution is 7.14. The Balaban J connectivity index is 2.18. The van der Waals surface area contributed by atoms with Crippen molar-refractivity contribution >= 4 is 23.2 Å². The lowest BCUT2D eigenvalue weighted by molar-refractivity contribution is -0.122. The molecule has 1 aromatic carbocycles. The lowest BCUT2D eigenvalue weighted by atomic mass is 10.1. The van der Waals surface area contributed by atoms with Crippen LogP contribution < -0.4 is 11.1 Å². The topological polar surface area (TPSA) is 105 Å². The molecule has 2 aromatic rings. The summed E-state index contributed by atoms with van der Waals surface area (Å²) in [6.07, 6.45) is 0. The Morgan fingerprint density at radius 1 is 1.33 bits per heavy atom. The van der Waals surface area contributed by atoms with E-state index in [2.05, 4.69) is 10.1 Å². The van der Waals surface area contributed by atoms with Gasteiger partial charge < -0.3 is 15.8 Å². The van der Waals surface area contributed by atoms with Crippen molar-refractivity contribution in [2.75, 3.05) is 7.11 Å². The molecule has 7 heteroatoms. The minimum absolute atomic E-state index is 0.381. The first-order chi connectivity index (χ1) is 11.5. The summed E-state index contributed by atoms with van der Waals surface area (Å²) in [5.41, 5.74) is 7.33. The Morgan fingerprint density at radius 3 is 2.58 bits per heavy atom. The zero-order chi connectivity index (χ0) is 17.7. The van der Waals surface area contributed by atoms with Crippen molar-refractivity contribution in [3.05, 3.63) is 57.3 Å². The molecule has 0 saturated carbocycles. The number of nitrogens with zero attached hydrogens (tertiary/aromatic N) is 1. The van der Waals surface area contributed by atoms with Crippen LogP contribution in [-0.2, 0) is 9.53 Å². The van der Waals surface area contributed by atoms with E-state index in [1.807, 2.05) is 12.1 Å². The second kappa shape index (κ2) is 7.73. The molecule has 0 bridgehead atoms. The van der Waals surface area contributed by atoms with Gasteiger partial charge in [-0.15, -0.1) is 11.3 Å². The van der Waals surface area contributed by atoms with E-state index < -0.39 is 24.0 Å². The number of hydrogen-bond acceptors (Lipinski definition) is 6. The SMILES string of the molecule is COC(=O)c1cc(C)c([C@H](C#N)NC(=O)[C@H](N)c2ccccc2)s1. The van der Waals surface area contributed by atoms with Crippen molar-refractivity contribution in [3.63, 3.8) is 0 Å². The van der Waals surface area contributed by atoms with Gasteiger partial charge in [0.15, 0.2) is 6.04 Å². The zero-order valence-corrected chi connectivity index (χ0v) is 14.1. The molecule has 6 nitrogen and oxygen atoms in total. The average molecular weight is 343 g/mol. The summed E-state index contributed by atoms with van der Waals surface area (Å²) >= 11 is 1.12. The number of benzene rings is 1. The summed E-state index contributed by atoms with van der Waals surface area (Å²) in [5, 5.41) is 12.0. The summed E-state index contributed by atoms with van der Waals surface area (Å²) in [6.45, 7) is 1.77. The van der Waals surface area contributed by atoms with Crippen molar-refractivity contribution in [2.24, 2.45) is 5.73 Å². The van der Waals surface area contributed by atoms with Crippen LogP contribution >= 0.6 is 11.3 Å². The molecule has 2 atom stereocenters. The van der Waals surface area contributed by atoms with Gasteiger partial charge in [0.1, 0.15) is 10.9 Å². The van der Waals surface area contributed by atoms with E-state index in [0.717, 1.165) is 16.9 Å². The molecule has 0 unspecified atom stereocenters. The van der Waals surface area contributed by atoms with Crippen molar-refractivity contribution in [1.29, 1.82) is 5.26 Å². The third-order valence-electron chi connectivity index (χ3n) is 3.46. The largest absolute Gasteiger partial charge is 0.465 e. The fourth-order valence-electron chi connectivity index (χ4n) is 2.18. The molecular weight excluding hydrogens is 326 g/mol. The molecule has 24 heavy (non-hydrogen) atoms.